The molecule has 9 rings (SSSR count). The number of benzene rings is 6. The number of nitrogens with two attached hydrogens (primary N) is 1. The van der Waals surface area contributed by atoms with Crippen molar-refractivity contribution in [2.24, 2.45) is 5.73 Å². The molecular weight excluding hydrogens is 742 g/mol. The predicted molar refractivity (Wildman–Crippen MR) is 222 cm³/mol. The molecule has 9 nitrogen and oxygen atoms in total. The third-order valence-electron chi connectivity index (χ3n) is 11.1. The average Bonchev–Trinajstić information content (AvgIpc) is 3.86. The Morgan fingerprint density at radius 2 is 1.02 bits per heavy atom. The van der Waals surface area contributed by atoms with E-state index < -0.39 is 41.8 Å². The molecule has 0 amide bonds. The SMILES string of the molecule is NCc1nc(F)nc2c1ncn2[C@@H]1O[C@H](COC(c2ccccc2)(c2ccccc2)c2ccccc2)[C@@H](OC(c2ccccc2)(c2ccccc2)c2ccccc2)[C@H]1O. The molecule has 0 spiro atoms. The van der Waals surface area contributed by atoms with Crippen LogP contribution in [0.2, 0.25) is 0 Å². The van der Waals surface area contributed by atoms with Gasteiger partial charge in [0.05, 0.1) is 18.6 Å². The highest BCUT2D eigenvalue weighted by Crippen LogP contribution is 2.47. The first kappa shape index (κ1) is 38.1. The van der Waals surface area contributed by atoms with E-state index in [2.05, 4.69) is 15.0 Å². The number of imidazole rings is 1. The van der Waals surface area contributed by atoms with Gasteiger partial charge in [0.2, 0.25) is 0 Å². The van der Waals surface area contributed by atoms with Gasteiger partial charge in [-0.15, -0.1) is 0 Å². The molecule has 0 bridgehead atoms. The van der Waals surface area contributed by atoms with Crippen LogP contribution in [0.15, 0.2) is 188 Å². The fourth-order valence-electron chi connectivity index (χ4n) is 8.41. The van der Waals surface area contributed by atoms with Crippen molar-refractivity contribution < 1.29 is 23.7 Å². The second kappa shape index (κ2) is 16.5. The maximum absolute atomic E-state index is 14.9. The molecule has 3 heterocycles. The summed E-state index contributed by atoms with van der Waals surface area (Å²) < 4.78 is 38.3. The van der Waals surface area contributed by atoms with Gasteiger partial charge in [-0.05, 0) is 33.4 Å². The minimum atomic E-state index is -1.34. The molecule has 0 unspecified atom stereocenters. The highest BCUT2D eigenvalue weighted by atomic mass is 19.1. The zero-order chi connectivity index (χ0) is 40.2. The summed E-state index contributed by atoms with van der Waals surface area (Å²) in [5.41, 5.74) is 9.53. The molecule has 1 aliphatic heterocycles. The van der Waals surface area contributed by atoms with Gasteiger partial charge in [0, 0.05) is 6.54 Å². The van der Waals surface area contributed by atoms with E-state index >= 15 is 0 Å². The van der Waals surface area contributed by atoms with Gasteiger partial charge in [0.15, 0.2) is 11.9 Å². The van der Waals surface area contributed by atoms with E-state index in [0.29, 0.717) is 5.52 Å². The van der Waals surface area contributed by atoms with Crippen LogP contribution in [-0.2, 0) is 32.0 Å². The number of rotatable bonds is 13. The summed E-state index contributed by atoms with van der Waals surface area (Å²) in [6.45, 7) is -0.104. The summed E-state index contributed by atoms with van der Waals surface area (Å²) >= 11 is 0. The number of hydrogen-bond acceptors (Lipinski definition) is 8. The average molecular weight is 784 g/mol. The van der Waals surface area contributed by atoms with Crippen LogP contribution in [0.25, 0.3) is 11.2 Å². The summed E-state index contributed by atoms with van der Waals surface area (Å²) in [6, 6.07) is 60.0. The fourth-order valence-corrected chi connectivity index (χ4v) is 8.41. The molecule has 294 valence electrons. The predicted octanol–water partition coefficient (Wildman–Crippen LogP) is 8.07. The van der Waals surface area contributed by atoms with Gasteiger partial charge in [-0.2, -0.15) is 9.37 Å². The molecule has 0 saturated carbocycles. The van der Waals surface area contributed by atoms with Crippen molar-refractivity contribution in [3.63, 3.8) is 0 Å². The van der Waals surface area contributed by atoms with Gasteiger partial charge in [0.1, 0.15) is 35.0 Å². The lowest BCUT2D eigenvalue weighted by molar-refractivity contribution is -0.131. The monoisotopic (exact) mass is 783 g/mol. The number of halogens is 1. The molecule has 3 N–H and O–H groups in total. The Morgan fingerprint density at radius 3 is 1.42 bits per heavy atom. The first-order valence-corrected chi connectivity index (χ1v) is 19.6. The second-order valence-electron chi connectivity index (χ2n) is 14.5. The Labute approximate surface area is 341 Å². The molecule has 6 aromatic carbocycles. The molecule has 2 aromatic heterocycles. The van der Waals surface area contributed by atoms with Crippen LogP contribution >= 0.6 is 0 Å². The van der Waals surface area contributed by atoms with Crippen molar-refractivity contribution >= 4 is 11.2 Å². The van der Waals surface area contributed by atoms with Crippen molar-refractivity contribution in [1.29, 1.82) is 0 Å². The van der Waals surface area contributed by atoms with E-state index in [1.165, 1.54) is 10.9 Å². The van der Waals surface area contributed by atoms with Crippen molar-refractivity contribution in [3.05, 3.63) is 233 Å². The Kier molecular flexibility index (Phi) is 10.6. The van der Waals surface area contributed by atoms with Crippen LogP contribution in [-0.4, -0.2) is 49.5 Å². The summed E-state index contributed by atoms with van der Waals surface area (Å²) in [5, 5.41) is 12.7. The normalized spacial score (nSPS) is 18.3. The summed E-state index contributed by atoms with van der Waals surface area (Å²) in [7, 11) is 0. The van der Waals surface area contributed by atoms with E-state index in [0.717, 1.165) is 33.4 Å². The van der Waals surface area contributed by atoms with Gasteiger partial charge < -0.3 is 25.1 Å². The first-order valence-electron chi connectivity index (χ1n) is 19.6. The van der Waals surface area contributed by atoms with E-state index in [1.54, 1.807) is 0 Å². The van der Waals surface area contributed by atoms with Crippen molar-refractivity contribution in [2.45, 2.75) is 42.3 Å². The Balaban J connectivity index is 1.22. The number of aliphatic hydroxyl groups excluding tert-OH is 1. The minimum Gasteiger partial charge on any atom is -0.386 e. The van der Waals surface area contributed by atoms with Gasteiger partial charge >= 0.3 is 6.08 Å². The van der Waals surface area contributed by atoms with Crippen molar-refractivity contribution in [3.8, 4) is 0 Å². The first-order chi connectivity index (χ1) is 29.0. The molecule has 1 fully saturated rings. The number of aliphatic hydroxyl groups is 1. The molecule has 8 aromatic rings. The smallest absolute Gasteiger partial charge is 0.310 e. The number of fused-ring (bicyclic) bond motifs is 1. The van der Waals surface area contributed by atoms with Crippen LogP contribution < -0.4 is 5.73 Å². The number of aromatic nitrogens is 4. The maximum Gasteiger partial charge on any atom is 0.310 e. The highest BCUT2D eigenvalue weighted by molar-refractivity contribution is 5.73. The maximum atomic E-state index is 14.9. The van der Waals surface area contributed by atoms with Gasteiger partial charge in [-0.25, -0.2) is 9.97 Å². The lowest BCUT2D eigenvalue weighted by Gasteiger charge is -2.41. The topological polar surface area (TPSA) is 118 Å². The second-order valence-corrected chi connectivity index (χ2v) is 14.5. The van der Waals surface area contributed by atoms with Crippen molar-refractivity contribution in [1.82, 2.24) is 19.5 Å². The fraction of sp³-hybridized carbons (Fsp3) is 0.163. The molecule has 10 heteroatoms. The minimum absolute atomic E-state index is 0.0462. The highest BCUT2D eigenvalue weighted by Gasteiger charge is 2.52. The van der Waals surface area contributed by atoms with Crippen LogP contribution in [0.4, 0.5) is 4.39 Å². The van der Waals surface area contributed by atoms with E-state index in [9.17, 15) is 9.50 Å². The van der Waals surface area contributed by atoms with E-state index in [4.69, 9.17) is 19.9 Å². The van der Waals surface area contributed by atoms with Gasteiger partial charge in [0.25, 0.3) is 0 Å². The molecule has 1 aliphatic rings. The largest absolute Gasteiger partial charge is 0.386 e. The summed E-state index contributed by atoms with van der Waals surface area (Å²) in [6.07, 6.45) is -3.91. The Morgan fingerprint density at radius 1 is 0.610 bits per heavy atom. The molecule has 0 radical (unpaired) electrons. The summed E-state index contributed by atoms with van der Waals surface area (Å²) in [5.74, 6) is 0. The number of ether oxygens (including phenoxy) is 3. The third-order valence-corrected chi connectivity index (χ3v) is 11.1. The zero-order valence-corrected chi connectivity index (χ0v) is 32.0. The molecule has 1 saturated heterocycles. The van der Waals surface area contributed by atoms with E-state index in [-0.39, 0.29) is 24.5 Å². The lowest BCUT2D eigenvalue weighted by Crippen LogP contribution is -2.46. The van der Waals surface area contributed by atoms with Crippen molar-refractivity contribution in [2.75, 3.05) is 6.61 Å². The molecule has 0 aliphatic carbocycles. The van der Waals surface area contributed by atoms with Crippen LogP contribution in [0.5, 0.6) is 0 Å². The Hall–Kier alpha value is -6.40. The summed E-state index contributed by atoms with van der Waals surface area (Å²) in [4.78, 5) is 12.5. The van der Waals surface area contributed by atoms with Crippen LogP contribution in [0.3, 0.4) is 0 Å². The zero-order valence-electron chi connectivity index (χ0n) is 32.0. The number of nitrogens with zero attached hydrogens (tertiary/aromatic N) is 4. The van der Waals surface area contributed by atoms with E-state index in [1.807, 2.05) is 182 Å². The van der Waals surface area contributed by atoms with Gasteiger partial charge in [-0.3, -0.25) is 4.57 Å². The van der Waals surface area contributed by atoms with Crippen LogP contribution in [0.1, 0.15) is 45.3 Å². The number of hydrogen-bond donors (Lipinski definition) is 2. The van der Waals surface area contributed by atoms with Gasteiger partial charge in [-0.1, -0.05) is 182 Å². The molecule has 59 heavy (non-hydrogen) atoms. The standard InChI is InChI=1S/C49H42FN5O4/c50-47-53-40(31-51)42-45(54-47)55(33-52-42)46-43(56)44(59-49(37-25-13-4-14-26-37,38-27-15-5-16-28-38)39-29-17-6-18-30-39)41(58-46)32-57-48(34-19-7-1-8-20-34,35-21-9-2-10-22-35)36-23-11-3-12-24-36/h1-30,33,41,43-44,46,56H,31-32,51H2/t41-,43-,44-,46-/m1/s1. The lowest BCUT2D eigenvalue weighted by atomic mass is 9.79. The molecular formula is C49H42FN5O4. The molecule has 4 atom stereocenters. The van der Waals surface area contributed by atoms with Crippen LogP contribution in [0, 0.1) is 6.08 Å². The quantitative estimate of drug-likeness (QED) is 0.0892. The Bertz CT molecular complexity index is 2410. The third kappa shape index (κ3) is 6.90.